The van der Waals surface area contributed by atoms with Crippen LogP contribution in [0.5, 0.6) is 0 Å². The van der Waals surface area contributed by atoms with Crippen molar-refractivity contribution in [2.75, 3.05) is 0 Å². The second kappa shape index (κ2) is 69.1. The SMILES string of the molecule is CCCCCCCCC(CCCCCCCC)([O][Ti]([O]C(CCCCCCCC)(CCCCCCCC)C(O)(O)CCCCCC)([O]C(CCCCCCCC)(CCCCCCCC)C(O)(O)CCCCCC)[O]C(CCCCCCCC)(CCCCCCCC)C(O)(O)CCCCCC)C(O)(O)CCCCCC. The Hall–Kier alpha value is 0.234. The molecule has 0 bridgehead atoms. The minimum absolute atomic E-state index is 0.0108. The zero-order chi connectivity index (χ0) is 81.1. The van der Waals surface area contributed by atoms with E-state index in [2.05, 4.69) is 83.1 Å². The van der Waals surface area contributed by atoms with Crippen molar-refractivity contribution in [3.8, 4) is 0 Å². The van der Waals surface area contributed by atoms with E-state index in [1.165, 1.54) is 0 Å². The second-order valence-electron chi connectivity index (χ2n) is 35.5. The molecule has 0 aromatic rings. The molecule has 8 N–H and O–H groups in total. The molecular weight excluding hydrogens is 1390 g/mol. The fraction of sp³-hybridized carbons (Fsp3) is 1.00. The molecule has 12 nitrogen and oxygen atoms in total. The zero-order valence-electron chi connectivity index (χ0n) is 75.5. The number of aliphatic hydroxyl groups is 8. The van der Waals surface area contributed by atoms with Gasteiger partial charge in [-0.25, -0.2) is 0 Å². The molecule has 0 spiro atoms. The van der Waals surface area contributed by atoms with Crippen LogP contribution >= 0.6 is 0 Å². The fourth-order valence-corrected chi connectivity index (χ4v) is 23.2. The van der Waals surface area contributed by atoms with E-state index in [0.29, 0.717) is 77.0 Å². The van der Waals surface area contributed by atoms with E-state index in [9.17, 15) is 40.9 Å². The molecule has 0 heterocycles. The summed E-state index contributed by atoms with van der Waals surface area (Å²) >= 11 is -6.91. The molecule has 0 atom stereocenters. The van der Waals surface area contributed by atoms with Crippen molar-refractivity contribution < 1.29 is 72.3 Å². The Morgan fingerprint density at radius 2 is 0.229 bits per heavy atom. The van der Waals surface area contributed by atoms with Crippen molar-refractivity contribution >= 4 is 0 Å². The van der Waals surface area contributed by atoms with Crippen LogP contribution in [0.1, 0.15) is 571 Å². The molecule has 0 aromatic carbocycles. The third-order valence-electron chi connectivity index (χ3n) is 25.2. The number of rotatable bonds is 88. The molecule has 0 rings (SSSR count). The molecule has 0 aliphatic heterocycles. The Balaban J connectivity index is 11.5. The van der Waals surface area contributed by atoms with Crippen LogP contribution in [0, 0.1) is 0 Å². The summed E-state index contributed by atoms with van der Waals surface area (Å²) in [5.41, 5.74) is -7.57. The molecule has 0 radical (unpaired) electrons. The Morgan fingerprint density at radius 1 is 0.138 bits per heavy atom. The summed E-state index contributed by atoms with van der Waals surface area (Å²) < 4.78 is 35.2. The van der Waals surface area contributed by atoms with E-state index in [4.69, 9.17) is 13.3 Å². The number of hydrogen-bond acceptors (Lipinski definition) is 12. The van der Waals surface area contributed by atoms with Gasteiger partial charge in [0.25, 0.3) is 0 Å². The Bertz CT molecular complexity index is 1600. The quantitative estimate of drug-likeness (QED) is 0.0163. The van der Waals surface area contributed by atoms with Gasteiger partial charge >= 0.3 is 689 Å². The van der Waals surface area contributed by atoms with E-state index in [1.54, 1.807) is 0 Å². The third-order valence-corrected chi connectivity index (χ3v) is 29.2. The van der Waals surface area contributed by atoms with Crippen molar-refractivity contribution in [3.05, 3.63) is 0 Å². The standard InChI is InChI=1S/4C24H49O3.Ti/c4*1-4-7-10-13-15-17-20-23(25,21-18-16-14-11-8-5-2)24(26,27)22-19-12-9-6-3;/h4*26-27H,4-22H2,1-3H3;/q4*-1;+4. The first-order valence-electron chi connectivity index (χ1n) is 49.1. The Morgan fingerprint density at radius 3 is 0.349 bits per heavy atom. The van der Waals surface area contributed by atoms with Crippen LogP contribution in [0.15, 0.2) is 0 Å². The average molecular weight is 1590 g/mol. The summed E-state index contributed by atoms with van der Waals surface area (Å²) in [5.74, 6) is -10.1. The van der Waals surface area contributed by atoms with Crippen LogP contribution in [-0.2, 0) is 31.4 Å². The van der Waals surface area contributed by atoms with Crippen molar-refractivity contribution in [1.29, 1.82) is 0 Å². The number of hydrogen-bond donors (Lipinski definition) is 8. The van der Waals surface area contributed by atoms with Gasteiger partial charge in [0.1, 0.15) is 0 Å². The summed E-state index contributed by atoms with van der Waals surface area (Å²) in [6, 6.07) is 0. The summed E-state index contributed by atoms with van der Waals surface area (Å²) in [6.45, 7) is 26.6. The molecule has 0 aliphatic carbocycles. The van der Waals surface area contributed by atoms with Crippen molar-refractivity contribution in [3.63, 3.8) is 0 Å². The molecular formula is C96H196O12Ti. The summed E-state index contributed by atoms with van der Waals surface area (Å²) in [5, 5.41) is 114. The molecule has 0 saturated carbocycles. The van der Waals surface area contributed by atoms with E-state index in [1.807, 2.05) is 0 Å². The normalized spacial score (nSPS) is 13.3. The van der Waals surface area contributed by atoms with Gasteiger partial charge in [-0.1, -0.05) is 0 Å². The molecule has 0 aliphatic rings. The molecule has 109 heavy (non-hydrogen) atoms. The molecule has 0 saturated heterocycles. The van der Waals surface area contributed by atoms with Gasteiger partial charge in [-0.3, -0.25) is 0 Å². The Labute approximate surface area is 684 Å². The van der Waals surface area contributed by atoms with E-state index in [0.717, 1.165) is 334 Å². The summed E-state index contributed by atoms with van der Waals surface area (Å²) in [7, 11) is 0. The van der Waals surface area contributed by atoms with Crippen LogP contribution in [0.25, 0.3) is 0 Å². The predicted octanol–water partition coefficient (Wildman–Crippen LogP) is 29.4. The van der Waals surface area contributed by atoms with Gasteiger partial charge in [0.15, 0.2) is 0 Å². The summed E-state index contributed by atoms with van der Waals surface area (Å²) in [6.07, 6.45) is 58.9. The average Bonchev–Trinajstić information content (AvgIpc) is 0.719. The van der Waals surface area contributed by atoms with Gasteiger partial charge < -0.3 is 0 Å². The second-order valence-corrected chi connectivity index (χ2v) is 38.4. The summed E-state index contributed by atoms with van der Waals surface area (Å²) in [4.78, 5) is 0. The van der Waals surface area contributed by atoms with Gasteiger partial charge in [0, 0.05) is 0 Å². The van der Waals surface area contributed by atoms with Crippen LogP contribution in [0.2, 0.25) is 0 Å². The van der Waals surface area contributed by atoms with Gasteiger partial charge in [0.05, 0.1) is 0 Å². The minimum atomic E-state index is -6.91. The third kappa shape index (κ3) is 47.6. The maximum atomic E-state index is 14.3. The van der Waals surface area contributed by atoms with Crippen molar-refractivity contribution in [2.45, 2.75) is 617 Å². The van der Waals surface area contributed by atoms with Crippen LogP contribution < -0.4 is 0 Å². The first-order chi connectivity index (χ1) is 52.6. The molecule has 13 heteroatoms. The molecule has 656 valence electrons. The van der Waals surface area contributed by atoms with Gasteiger partial charge in [0.2, 0.25) is 0 Å². The van der Waals surface area contributed by atoms with Crippen molar-refractivity contribution in [1.82, 2.24) is 0 Å². The molecule has 0 unspecified atom stereocenters. The maximum absolute atomic E-state index is 14.3. The van der Waals surface area contributed by atoms with Crippen LogP contribution in [0.4, 0.5) is 0 Å². The van der Waals surface area contributed by atoms with Gasteiger partial charge in [-0.05, 0) is 0 Å². The zero-order valence-corrected chi connectivity index (χ0v) is 77.0. The molecule has 0 amide bonds. The Kier molecular flexibility index (Phi) is 69.2. The van der Waals surface area contributed by atoms with E-state index >= 15 is 0 Å². The first-order valence-corrected chi connectivity index (χ1v) is 51.7. The molecule has 0 fully saturated rings. The number of unbranched alkanes of at least 4 members (excludes halogenated alkanes) is 52. The topological polar surface area (TPSA) is 199 Å². The van der Waals surface area contributed by atoms with Gasteiger partial charge in [-0.15, -0.1) is 0 Å². The van der Waals surface area contributed by atoms with Gasteiger partial charge in [-0.2, -0.15) is 0 Å². The van der Waals surface area contributed by atoms with E-state index in [-0.39, 0.29) is 77.0 Å². The van der Waals surface area contributed by atoms with E-state index < -0.39 is 63.7 Å². The van der Waals surface area contributed by atoms with Crippen LogP contribution in [-0.4, -0.2) is 86.4 Å². The van der Waals surface area contributed by atoms with Crippen molar-refractivity contribution in [2.24, 2.45) is 0 Å². The predicted molar refractivity (Wildman–Crippen MR) is 463 cm³/mol. The fourth-order valence-electron chi connectivity index (χ4n) is 17.6. The first kappa shape index (κ1) is 109. The van der Waals surface area contributed by atoms with Crippen LogP contribution in [0.3, 0.4) is 0 Å². The monoisotopic (exact) mass is 1590 g/mol. The molecule has 0 aromatic heterocycles.